The van der Waals surface area contributed by atoms with Crippen LogP contribution in [0.5, 0.6) is 0 Å². The van der Waals surface area contributed by atoms with Gasteiger partial charge in [0.1, 0.15) is 5.03 Å². The number of aromatic nitrogens is 3. The van der Waals surface area contributed by atoms with Crippen molar-refractivity contribution in [1.29, 1.82) is 0 Å². The van der Waals surface area contributed by atoms with Gasteiger partial charge in [-0.25, -0.2) is 9.78 Å². The lowest BCUT2D eigenvalue weighted by Crippen LogP contribution is -2.39. The van der Waals surface area contributed by atoms with Crippen LogP contribution in [0.4, 0.5) is 10.7 Å². The number of hydrogen-bond acceptors (Lipinski definition) is 6. The van der Waals surface area contributed by atoms with Crippen molar-refractivity contribution in [2.75, 3.05) is 12.0 Å². The van der Waals surface area contributed by atoms with Gasteiger partial charge in [0.05, 0.1) is 19.3 Å². The molecular weight excluding hydrogens is 591 g/mol. The molecule has 0 bridgehead atoms. The summed E-state index contributed by atoms with van der Waals surface area (Å²) in [7, 11) is 1.28. The van der Waals surface area contributed by atoms with Gasteiger partial charge in [-0.3, -0.25) is 14.3 Å². The second-order valence-electron chi connectivity index (χ2n) is 10.7. The molecule has 0 aliphatic carbocycles. The van der Waals surface area contributed by atoms with Gasteiger partial charge in [-0.1, -0.05) is 107 Å². The number of unbranched alkanes of at least 4 members (excludes halogenated alkanes) is 8. The first-order chi connectivity index (χ1) is 20.2. The van der Waals surface area contributed by atoms with Crippen molar-refractivity contribution < 1.29 is 14.3 Å². The molecule has 0 aliphatic heterocycles. The smallest absolute Gasteiger partial charge is 0.423 e. The van der Waals surface area contributed by atoms with Crippen LogP contribution < -0.4 is 4.90 Å². The monoisotopic (exact) mass is 632 g/mol. The van der Waals surface area contributed by atoms with E-state index in [0.29, 0.717) is 23.0 Å². The van der Waals surface area contributed by atoms with E-state index in [4.69, 9.17) is 32.9 Å². The minimum Gasteiger partial charge on any atom is -0.452 e. The Morgan fingerprint density at radius 1 is 0.952 bits per heavy atom. The number of pyridine rings is 1. The molecule has 2 amide bonds. The van der Waals surface area contributed by atoms with Crippen molar-refractivity contribution in [3.63, 3.8) is 0 Å². The van der Waals surface area contributed by atoms with Gasteiger partial charge in [-0.15, -0.1) is 0 Å². The molecule has 0 saturated heterocycles. The van der Waals surface area contributed by atoms with Crippen molar-refractivity contribution in [1.82, 2.24) is 14.5 Å². The summed E-state index contributed by atoms with van der Waals surface area (Å²) in [5.41, 5.74) is 1.70. The van der Waals surface area contributed by atoms with E-state index in [-0.39, 0.29) is 24.2 Å². The van der Waals surface area contributed by atoms with E-state index < -0.39 is 6.09 Å². The first-order valence-electron chi connectivity index (χ1n) is 14.8. The number of amides is 2. The fraction of sp³-hybridized carbons (Fsp3) is 0.500. The second kappa shape index (κ2) is 17.5. The zero-order valence-corrected chi connectivity index (χ0v) is 27.4. The molecule has 2 aromatic heterocycles. The molecule has 0 unspecified atom stereocenters. The molecule has 0 saturated carbocycles. The maximum absolute atomic E-state index is 13.6. The third-order valence-electron chi connectivity index (χ3n) is 6.91. The minimum absolute atomic E-state index is 0.00604. The van der Waals surface area contributed by atoms with Gasteiger partial charge in [-0.05, 0) is 48.2 Å². The van der Waals surface area contributed by atoms with E-state index in [0.717, 1.165) is 38.9 Å². The number of carbonyl (C=O) groups is 2. The Labute approximate surface area is 264 Å². The second-order valence-corrected chi connectivity index (χ2v) is 12.6. The van der Waals surface area contributed by atoms with Crippen molar-refractivity contribution in [3.05, 3.63) is 64.0 Å². The van der Waals surface area contributed by atoms with Gasteiger partial charge >= 0.3 is 6.09 Å². The number of hydrogen-bond donors (Lipinski definition) is 0. The summed E-state index contributed by atoms with van der Waals surface area (Å²) in [6.07, 6.45) is 13.1. The summed E-state index contributed by atoms with van der Waals surface area (Å²) >= 11 is 14.1. The van der Waals surface area contributed by atoms with Crippen molar-refractivity contribution in [2.45, 2.75) is 107 Å². The summed E-state index contributed by atoms with van der Waals surface area (Å²) in [5, 5.41) is 1.83. The number of benzene rings is 1. The van der Waals surface area contributed by atoms with E-state index in [1.54, 1.807) is 18.5 Å². The predicted molar refractivity (Wildman–Crippen MR) is 172 cm³/mol. The lowest BCUT2D eigenvalue weighted by atomic mass is 10.1. The van der Waals surface area contributed by atoms with E-state index in [2.05, 4.69) is 11.9 Å². The minimum atomic E-state index is -0.755. The number of ether oxygens (including phenoxy) is 1. The number of imidazole rings is 1. The number of anilines is 1. The van der Waals surface area contributed by atoms with Crippen LogP contribution in [0.1, 0.15) is 102 Å². The van der Waals surface area contributed by atoms with Crippen LogP contribution in [0.25, 0.3) is 0 Å². The first kappa shape index (κ1) is 33.9. The third-order valence-corrected chi connectivity index (χ3v) is 8.45. The SMILES string of the molecule is CCCCCCCCCCCC(=O)N(C(=O)OC)c1nc(C(C)C)c(Sc2cc(Cl)cc(Cl)c2)n1Cc1ccncc1. The quantitative estimate of drug-likeness (QED) is 0.146. The molecule has 0 fully saturated rings. The molecule has 1 aromatic carbocycles. The maximum Gasteiger partial charge on any atom is 0.423 e. The fourth-order valence-electron chi connectivity index (χ4n) is 4.70. The Morgan fingerprint density at radius 2 is 1.55 bits per heavy atom. The van der Waals surface area contributed by atoms with Crippen LogP contribution >= 0.6 is 35.0 Å². The largest absolute Gasteiger partial charge is 0.452 e. The molecule has 0 N–H and O–H groups in total. The van der Waals surface area contributed by atoms with Crippen molar-refractivity contribution >= 4 is 52.9 Å². The van der Waals surface area contributed by atoms with Crippen LogP contribution in [0, 0.1) is 0 Å². The summed E-state index contributed by atoms with van der Waals surface area (Å²) in [4.78, 5) is 37.7. The lowest BCUT2D eigenvalue weighted by Gasteiger charge is -2.21. The van der Waals surface area contributed by atoms with Crippen LogP contribution in [-0.4, -0.2) is 33.6 Å². The van der Waals surface area contributed by atoms with Gasteiger partial charge in [-0.2, -0.15) is 4.90 Å². The summed E-state index contributed by atoms with van der Waals surface area (Å²) < 4.78 is 7.00. The third kappa shape index (κ3) is 10.0. The van der Waals surface area contributed by atoms with Crippen LogP contribution in [-0.2, 0) is 16.1 Å². The number of methoxy groups -OCH3 is 1. The average Bonchev–Trinajstić information content (AvgIpc) is 3.29. The summed E-state index contributed by atoms with van der Waals surface area (Å²) in [6, 6.07) is 9.14. The summed E-state index contributed by atoms with van der Waals surface area (Å²) in [6.45, 7) is 6.65. The number of carbonyl (C=O) groups excluding carboxylic acids is 2. The van der Waals surface area contributed by atoms with E-state index in [1.165, 1.54) is 57.4 Å². The number of imide groups is 1. The van der Waals surface area contributed by atoms with Gasteiger partial charge in [0, 0.05) is 33.8 Å². The molecule has 7 nitrogen and oxygen atoms in total. The maximum atomic E-state index is 13.6. The molecule has 42 heavy (non-hydrogen) atoms. The molecule has 0 spiro atoms. The molecule has 10 heteroatoms. The molecule has 3 rings (SSSR count). The molecule has 0 atom stereocenters. The molecule has 228 valence electrons. The van der Waals surface area contributed by atoms with Gasteiger partial charge in [0.2, 0.25) is 11.9 Å². The highest BCUT2D eigenvalue weighted by molar-refractivity contribution is 7.99. The zero-order chi connectivity index (χ0) is 30.5. The van der Waals surface area contributed by atoms with Crippen LogP contribution in [0.15, 0.2) is 52.6 Å². The average molecular weight is 634 g/mol. The number of rotatable bonds is 16. The van der Waals surface area contributed by atoms with Crippen molar-refractivity contribution in [2.24, 2.45) is 0 Å². The summed E-state index contributed by atoms with van der Waals surface area (Å²) in [5.74, 6) is -0.0890. The highest BCUT2D eigenvalue weighted by Gasteiger charge is 2.32. The first-order valence-corrected chi connectivity index (χ1v) is 16.4. The molecule has 3 aromatic rings. The number of halogens is 2. The van der Waals surface area contributed by atoms with Crippen molar-refractivity contribution in [3.8, 4) is 0 Å². The molecule has 0 radical (unpaired) electrons. The van der Waals surface area contributed by atoms with E-state index in [9.17, 15) is 9.59 Å². The lowest BCUT2D eigenvalue weighted by molar-refractivity contribution is -0.118. The Morgan fingerprint density at radius 3 is 2.12 bits per heavy atom. The Balaban J connectivity index is 1.92. The zero-order valence-electron chi connectivity index (χ0n) is 25.1. The molecule has 0 aliphatic rings. The predicted octanol–water partition coefficient (Wildman–Crippen LogP) is 9.93. The Kier molecular flexibility index (Phi) is 14.2. The normalized spacial score (nSPS) is 11.2. The van der Waals surface area contributed by atoms with E-state index >= 15 is 0 Å². The highest BCUT2D eigenvalue weighted by atomic mass is 35.5. The van der Waals surface area contributed by atoms with Gasteiger partial charge in [0.15, 0.2) is 0 Å². The van der Waals surface area contributed by atoms with Crippen LogP contribution in [0.3, 0.4) is 0 Å². The van der Waals surface area contributed by atoms with E-state index in [1.807, 2.05) is 42.7 Å². The number of nitrogens with zero attached hydrogens (tertiary/aromatic N) is 4. The molecule has 2 heterocycles. The van der Waals surface area contributed by atoms with Gasteiger partial charge < -0.3 is 4.74 Å². The molecular formula is C32H42Cl2N4O3S. The van der Waals surface area contributed by atoms with Gasteiger partial charge in [0.25, 0.3) is 0 Å². The Hall–Kier alpha value is -2.55. The highest BCUT2D eigenvalue weighted by Crippen LogP contribution is 2.39. The fourth-order valence-corrected chi connectivity index (χ4v) is 6.59. The topological polar surface area (TPSA) is 77.3 Å². The Bertz CT molecular complexity index is 1280. The van der Waals surface area contributed by atoms with Crippen LogP contribution in [0.2, 0.25) is 10.0 Å². The standard InChI is InChI=1S/C32H42Cl2N4O3S/c1-5-6-7-8-9-10-11-12-13-14-28(39)38(32(40)41-4)31-36-29(23(2)3)30(37(31)22-24-15-17-35-18-16-24)42-27-20-25(33)19-26(34)21-27/h15-21,23H,5-14,22H2,1-4H3.